The number of anilines is 1. The molecule has 0 bridgehead atoms. The number of hydrogen-bond donors (Lipinski definition) is 2. The molecule has 1 aromatic carbocycles. The lowest BCUT2D eigenvalue weighted by molar-refractivity contribution is -0.137. The Morgan fingerprint density at radius 3 is 2.68 bits per heavy atom. The molecule has 2 aromatic heterocycles. The van der Waals surface area contributed by atoms with E-state index in [1.165, 1.54) is 12.1 Å². The fraction of sp³-hybridized carbons (Fsp3) is 0.316. The van der Waals surface area contributed by atoms with Crippen LogP contribution in [0.3, 0.4) is 0 Å². The van der Waals surface area contributed by atoms with Gasteiger partial charge in [-0.3, -0.25) is 4.68 Å². The van der Waals surface area contributed by atoms with Crippen molar-refractivity contribution in [2.75, 3.05) is 11.9 Å². The molecule has 4 nitrogen and oxygen atoms in total. The Bertz CT molecular complexity index is 945. The first-order valence-corrected chi connectivity index (χ1v) is 9.79. The summed E-state index contributed by atoms with van der Waals surface area (Å²) in [6, 6.07) is 7.11. The van der Waals surface area contributed by atoms with Crippen molar-refractivity contribution in [3.63, 3.8) is 0 Å². The molecule has 0 fully saturated rings. The maximum atomic E-state index is 12.9. The zero-order chi connectivity index (χ0) is 20.5. The summed E-state index contributed by atoms with van der Waals surface area (Å²) in [5.41, 5.74) is 7.59. The molecule has 1 atom stereocenters. The number of rotatable bonds is 6. The number of benzene rings is 1. The first-order valence-electron chi connectivity index (χ1n) is 8.60. The van der Waals surface area contributed by atoms with Gasteiger partial charge in [-0.15, -0.1) is 11.3 Å². The molecule has 0 spiro atoms. The van der Waals surface area contributed by atoms with Gasteiger partial charge in [-0.05, 0) is 31.0 Å². The van der Waals surface area contributed by atoms with E-state index in [0.29, 0.717) is 17.0 Å². The molecule has 0 aliphatic heterocycles. The predicted molar refractivity (Wildman–Crippen MR) is 108 cm³/mol. The van der Waals surface area contributed by atoms with E-state index in [2.05, 4.69) is 10.4 Å². The van der Waals surface area contributed by atoms with Crippen molar-refractivity contribution in [2.45, 2.75) is 25.6 Å². The van der Waals surface area contributed by atoms with Gasteiger partial charge in [0, 0.05) is 30.1 Å². The Kier molecular flexibility index (Phi) is 6.02. The summed E-state index contributed by atoms with van der Waals surface area (Å²) >= 11 is 7.79. The van der Waals surface area contributed by atoms with E-state index < -0.39 is 11.7 Å². The van der Waals surface area contributed by atoms with Crippen LogP contribution < -0.4 is 11.1 Å². The molecule has 0 unspecified atom stereocenters. The van der Waals surface area contributed by atoms with E-state index in [-0.39, 0.29) is 12.6 Å². The second-order valence-corrected chi connectivity index (χ2v) is 8.19. The number of aromatic nitrogens is 2. The molecule has 2 heterocycles. The monoisotopic (exact) mass is 428 g/mol. The van der Waals surface area contributed by atoms with Crippen LogP contribution in [0.15, 0.2) is 36.5 Å². The highest BCUT2D eigenvalue weighted by Gasteiger charge is 2.30. The zero-order valence-electron chi connectivity index (χ0n) is 15.3. The molecule has 3 N–H and O–H groups in total. The Labute approximate surface area is 170 Å². The van der Waals surface area contributed by atoms with Gasteiger partial charge in [0.05, 0.1) is 27.5 Å². The Morgan fingerprint density at radius 1 is 1.32 bits per heavy atom. The molecule has 3 rings (SSSR count). The van der Waals surface area contributed by atoms with Crippen molar-refractivity contribution in [1.29, 1.82) is 0 Å². The smallest absolute Gasteiger partial charge is 0.373 e. The second kappa shape index (κ2) is 8.14. The minimum absolute atomic E-state index is 0.198. The van der Waals surface area contributed by atoms with E-state index in [0.717, 1.165) is 27.2 Å². The summed E-state index contributed by atoms with van der Waals surface area (Å²) in [6.07, 6.45) is -2.37. The minimum Gasteiger partial charge on any atom is -0.373 e. The zero-order valence-corrected chi connectivity index (χ0v) is 16.9. The third-order valence-corrected chi connectivity index (χ3v) is 5.69. The molecule has 0 radical (unpaired) electrons. The first-order chi connectivity index (χ1) is 13.2. The second-order valence-electron chi connectivity index (χ2n) is 6.52. The lowest BCUT2D eigenvalue weighted by atomic mass is 10.0. The van der Waals surface area contributed by atoms with Gasteiger partial charge in [0.15, 0.2) is 0 Å². The Balaban J connectivity index is 1.78. The predicted octanol–water partition coefficient (Wildman–Crippen LogP) is 5.11. The fourth-order valence-electron chi connectivity index (χ4n) is 3.06. The molecule has 0 aliphatic carbocycles. The van der Waals surface area contributed by atoms with Crippen molar-refractivity contribution in [1.82, 2.24) is 9.78 Å². The normalized spacial score (nSPS) is 13.0. The average Bonchev–Trinajstić information content (AvgIpc) is 3.15. The molecule has 0 amide bonds. The van der Waals surface area contributed by atoms with E-state index in [9.17, 15) is 13.2 Å². The Morgan fingerprint density at radius 2 is 2.07 bits per heavy atom. The number of aryl methyl sites for hydroxylation is 2. The average molecular weight is 429 g/mol. The number of halogens is 4. The molecular weight excluding hydrogens is 409 g/mol. The summed E-state index contributed by atoms with van der Waals surface area (Å²) in [5.74, 6) is 0. The molecule has 150 valence electrons. The van der Waals surface area contributed by atoms with Crippen molar-refractivity contribution < 1.29 is 13.2 Å². The van der Waals surface area contributed by atoms with Gasteiger partial charge in [0.1, 0.15) is 0 Å². The van der Waals surface area contributed by atoms with Crippen LogP contribution in [0.1, 0.15) is 16.0 Å². The highest BCUT2D eigenvalue weighted by molar-refractivity contribution is 7.16. The van der Waals surface area contributed by atoms with Gasteiger partial charge in [0.25, 0.3) is 0 Å². The maximum absolute atomic E-state index is 12.9. The van der Waals surface area contributed by atoms with Crippen LogP contribution >= 0.6 is 22.9 Å². The molecule has 28 heavy (non-hydrogen) atoms. The lowest BCUT2D eigenvalue weighted by Crippen LogP contribution is -2.30. The van der Waals surface area contributed by atoms with Crippen LogP contribution in [-0.2, 0) is 19.6 Å². The molecule has 3 aromatic rings. The number of thiophene rings is 1. The van der Waals surface area contributed by atoms with E-state index in [1.807, 2.05) is 20.0 Å². The molecular formula is C19H20ClF3N4S. The summed E-state index contributed by atoms with van der Waals surface area (Å²) in [7, 11) is 1.82. The highest BCUT2D eigenvalue weighted by Crippen LogP contribution is 2.37. The molecule has 0 saturated heterocycles. The molecule has 9 heteroatoms. The Hall–Kier alpha value is -2.03. The SMILES string of the molecule is Cc1sc(N[C@H](CN)Cc2cccc(C(F)(F)F)c2)cc1-c1c(Cl)cnn1C. The van der Waals surface area contributed by atoms with Crippen LogP contribution in [0, 0.1) is 6.92 Å². The number of nitrogens with two attached hydrogens (primary N) is 1. The van der Waals surface area contributed by atoms with Crippen LogP contribution in [0.2, 0.25) is 5.02 Å². The van der Waals surface area contributed by atoms with Crippen molar-refractivity contribution in [3.8, 4) is 11.3 Å². The van der Waals surface area contributed by atoms with Crippen LogP contribution in [-0.4, -0.2) is 22.4 Å². The van der Waals surface area contributed by atoms with Gasteiger partial charge < -0.3 is 11.1 Å². The molecule has 0 saturated carbocycles. The number of alkyl halides is 3. The highest BCUT2D eigenvalue weighted by atomic mass is 35.5. The fourth-order valence-corrected chi connectivity index (χ4v) is 4.32. The summed E-state index contributed by atoms with van der Waals surface area (Å²) in [4.78, 5) is 1.06. The van der Waals surface area contributed by atoms with Gasteiger partial charge in [-0.2, -0.15) is 18.3 Å². The number of hydrogen-bond acceptors (Lipinski definition) is 4. The maximum Gasteiger partial charge on any atom is 0.416 e. The third kappa shape index (κ3) is 4.51. The van der Waals surface area contributed by atoms with Crippen molar-refractivity contribution >= 4 is 27.9 Å². The van der Waals surface area contributed by atoms with Crippen LogP contribution in [0.4, 0.5) is 18.2 Å². The molecule has 0 aliphatic rings. The van der Waals surface area contributed by atoms with Crippen LogP contribution in [0.5, 0.6) is 0 Å². The number of nitrogens with zero attached hydrogens (tertiary/aromatic N) is 2. The van der Waals surface area contributed by atoms with Crippen molar-refractivity contribution in [3.05, 3.63) is 57.6 Å². The summed E-state index contributed by atoms with van der Waals surface area (Å²) < 4.78 is 40.5. The third-order valence-electron chi connectivity index (χ3n) is 4.43. The first kappa shape index (κ1) is 20.7. The van der Waals surface area contributed by atoms with Crippen molar-refractivity contribution in [2.24, 2.45) is 12.8 Å². The largest absolute Gasteiger partial charge is 0.416 e. The van der Waals surface area contributed by atoms with Crippen LogP contribution in [0.25, 0.3) is 11.3 Å². The minimum atomic E-state index is -4.36. The van der Waals surface area contributed by atoms with Gasteiger partial charge in [0.2, 0.25) is 0 Å². The topological polar surface area (TPSA) is 55.9 Å². The van der Waals surface area contributed by atoms with E-state index >= 15 is 0 Å². The summed E-state index contributed by atoms with van der Waals surface area (Å²) in [6.45, 7) is 2.27. The summed E-state index contributed by atoms with van der Waals surface area (Å²) in [5, 5.41) is 8.94. The standard InChI is InChI=1S/C19H20ClF3N4S/c1-11-15(18-16(20)10-25-27(18)2)8-17(28-11)26-14(9-24)7-12-4-3-5-13(6-12)19(21,22)23/h3-6,8,10,14,26H,7,9,24H2,1-2H3/t14-/m0/s1. The van der Waals surface area contributed by atoms with Gasteiger partial charge in [-0.25, -0.2) is 0 Å². The number of nitrogens with one attached hydrogen (secondary N) is 1. The van der Waals surface area contributed by atoms with Gasteiger partial charge in [-0.1, -0.05) is 29.8 Å². The van der Waals surface area contributed by atoms with E-state index in [1.54, 1.807) is 28.3 Å². The lowest BCUT2D eigenvalue weighted by Gasteiger charge is -2.18. The quantitative estimate of drug-likeness (QED) is 0.573. The van der Waals surface area contributed by atoms with Gasteiger partial charge >= 0.3 is 6.18 Å². The van der Waals surface area contributed by atoms with E-state index in [4.69, 9.17) is 17.3 Å².